The summed E-state index contributed by atoms with van der Waals surface area (Å²) in [6.45, 7) is 10.0. The number of hydrogen-bond donors (Lipinski definition) is 2. The SMILES string of the molecule is Cc1cc(CCCCC(=O)N[C@H](C(=O)N[C@H](C)c2ccccc2)C(C)(C)C)ccc1-c1ccccc1. The van der Waals surface area contributed by atoms with Crippen LogP contribution in [0.15, 0.2) is 78.9 Å². The molecule has 2 atom stereocenters. The molecule has 0 fully saturated rings. The average Bonchev–Trinajstić information content (AvgIpc) is 2.85. The van der Waals surface area contributed by atoms with Crippen molar-refractivity contribution < 1.29 is 9.59 Å². The van der Waals surface area contributed by atoms with Gasteiger partial charge in [0, 0.05) is 6.42 Å². The van der Waals surface area contributed by atoms with E-state index in [1.165, 1.54) is 22.3 Å². The van der Waals surface area contributed by atoms with Crippen LogP contribution in [0.3, 0.4) is 0 Å². The van der Waals surface area contributed by atoms with E-state index >= 15 is 0 Å². The summed E-state index contributed by atoms with van der Waals surface area (Å²) in [5.74, 6) is -0.228. The average molecular weight is 485 g/mol. The van der Waals surface area contributed by atoms with Crippen LogP contribution in [-0.2, 0) is 16.0 Å². The van der Waals surface area contributed by atoms with Gasteiger partial charge in [0.2, 0.25) is 11.8 Å². The van der Waals surface area contributed by atoms with Crippen molar-refractivity contribution in [1.82, 2.24) is 10.6 Å². The molecule has 2 N–H and O–H groups in total. The summed E-state index contributed by atoms with van der Waals surface area (Å²) in [5, 5.41) is 6.06. The number of rotatable bonds is 10. The highest BCUT2D eigenvalue weighted by molar-refractivity contribution is 5.88. The van der Waals surface area contributed by atoms with Crippen molar-refractivity contribution in [3.8, 4) is 11.1 Å². The Hall–Kier alpha value is -3.40. The highest BCUT2D eigenvalue weighted by Crippen LogP contribution is 2.25. The molecule has 4 heteroatoms. The van der Waals surface area contributed by atoms with E-state index in [1.807, 2.05) is 64.1 Å². The normalized spacial score (nSPS) is 13.0. The number of nitrogens with one attached hydrogen (secondary N) is 2. The lowest BCUT2D eigenvalue weighted by atomic mass is 9.85. The van der Waals surface area contributed by atoms with Gasteiger partial charge in [0.25, 0.3) is 0 Å². The monoisotopic (exact) mass is 484 g/mol. The summed E-state index contributed by atoms with van der Waals surface area (Å²) in [6, 6.07) is 26.2. The number of carbonyl (C=O) groups excluding carboxylic acids is 2. The zero-order valence-electron chi connectivity index (χ0n) is 22.3. The summed E-state index contributed by atoms with van der Waals surface area (Å²) in [5.41, 5.74) is 5.68. The molecule has 2 amide bonds. The maximum Gasteiger partial charge on any atom is 0.243 e. The molecule has 0 aromatic heterocycles. The molecule has 0 aliphatic rings. The van der Waals surface area contributed by atoms with Gasteiger partial charge in [-0.1, -0.05) is 99.6 Å². The molecular formula is C32H40N2O2. The standard InChI is InChI=1S/C32H40N2O2/c1-23-22-25(20-21-28(23)27-17-10-7-11-18-27)14-12-13-19-29(35)34-30(32(3,4)5)31(36)33-24(2)26-15-8-6-9-16-26/h6-11,15-18,20-22,24,30H,12-14,19H2,1-5H3,(H,33,36)(H,34,35)/t24-,30-/m1/s1. The second-order valence-corrected chi connectivity index (χ2v) is 10.7. The van der Waals surface area contributed by atoms with Crippen LogP contribution in [0.25, 0.3) is 11.1 Å². The second kappa shape index (κ2) is 12.5. The summed E-state index contributed by atoms with van der Waals surface area (Å²) >= 11 is 0. The first-order chi connectivity index (χ1) is 17.1. The van der Waals surface area contributed by atoms with Crippen LogP contribution >= 0.6 is 0 Å². The van der Waals surface area contributed by atoms with Gasteiger partial charge in [-0.05, 0) is 66.3 Å². The Labute approximate surface area is 216 Å². The Morgan fingerprint density at radius 2 is 1.47 bits per heavy atom. The molecule has 0 aliphatic heterocycles. The minimum Gasteiger partial charge on any atom is -0.348 e. The Morgan fingerprint density at radius 3 is 2.08 bits per heavy atom. The van der Waals surface area contributed by atoms with Gasteiger partial charge < -0.3 is 10.6 Å². The highest BCUT2D eigenvalue weighted by Gasteiger charge is 2.33. The summed E-state index contributed by atoms with van der Waals surface area (Å²) in [6.07, 6.45) is 3.05. The lowest BCUT2D eigenvalue weighted by Gasteiger charge is -2.31. The summed E-state index contributed by atoms with van der Waals surface area (Å²) < 4.78 is 0. The van der Waals surface area contributed by atoms with Gasteiger partial charge in [-0.15, -0.1) is 0 Å². The second-order valence-electron chi connectivity index (χ2n) is 10.7. The van der Waals surface area contributed by atoms with Crippen molar-refractivity contribution in [1.29, 1.82) is 0 Å². The van der Waals surface area contributed by atoms with Crippen molar-refractivity contribution in [3.05, 3.63) is 95.6 Å². The molecule has 3 aromatic rings. The van der Waals surface area contributed by atoms with E-state index in [1.54, 1.807) is 0 Å². The lowest BCUT2D eigenvalue weighted by molar-refractivity contribution is -0.132. The molecule has 0 saturated carbocycles. The molecule has 0 radical (unpaired) electrons. The van der Waals surface area contributed by atoms with Crippen LogP contribution in [0.4, 0.5) is 0 Å². The van der Waals surface area contributed by atoms with E-state index in [0.29, 0.717) is 6.42 Å². The van der Waals surface area contributed by atoms with Crippen LogP contribution in [0, 0.1) is 12.3 Å². The van der Waals surface area contributed by atoms with Crippen molar-refractivity contribution in [2.24, 2.45) is 5.41 Å². The molecule has 0 aliphatic carbocycles. The smallest absolute Gasteiger partial charge is 0.243 e. The maximum atomic E-state index is 13.1. The Morgan fingerprint density at radius 1 is 0.833 bits per heavy atom. The topological polar surface area (TPSA) is 58.2 Å². The van der Waals surface area contributed by atoms with E-state index in [0.717, 1.165) is 24.8 Å². The zero-order chi connectivity index (χ0) is 26.1. The van der Waals surface area contributed by atoms with E-state index in [-0.39, 0.29) is 17.9 Å². The zero-order valence-corrected chi connectivity index (χ0v) is 22.3. The van der Waals surface area contributed by atoms with Gasteiger partial charge in [0.15, 0.2) is 0 Å². The number of unbranched alkanes of at least 4 members (excludes halogenated alkanes) is 1. The van der Waals surface area contributed by atoms with Gasteiger partial charge in [-0.3, -0.25) is 9.59 Å². The Balaban J connectivity index is 1.49. The van der Waals surface area contributed by atoms with Gasteiger partial charge in [-0.2, -0.15) is 0 Å². The third kappa shape index (κ3) is 7.81. The minimum atomic E-state index is -0.593. The third-order valence-electron chi connectivity index (χ3n) is 6.59. The molecule has 4 nitrogen and oxygen atoms in total. The minimum absolute atomic E-state index is 0.0759. The number of hydrogen-bond acceptors (Lipinski definition) is 2. The predicted octanol–water partition coefficient (Wildman–Crippen LogP) is 6.78. The Kier molecular flexibility index (Phi) is 9.46. The maximum absolute atomic E-state index is 13.1. The fourth-order valence-electron chi connectivity index (χ4n) is 4.47. The largest absolute Gasteiger partial charge is 0.348 e. The first kappa shape index (κ1) is 27.2. The van der Waals surface area contributed by atoms with Crippen LogP contribution < -0.4 is 10.6 Å². The molecule has 3 aromatic carbocycles. The van der Waals surface area contributed by atoms with Gasteiger partial charge >= 0.3 is 0 Å². The van der Waals surface area contributed by atoms with E-state index in [9.17, 15) is 9.59 Å². The molecule has 0 unspecified atom stereocenters. The molecule has 0 heterocycles. The first-order valence-corrected chi connectivity index (χ1v) is 12.9. The number of benzene rings is 3. The lowest BCUT2D eigenvalue weighted by Crippen LogP contribution is -2.53. The van der Waals surface area contributed by atoms with Gasteiger partial charge in [0.1, 0.15) is 6.04 Å². The van der Waals surface area contributed by atoms with Crippen molar-refractivity contribution in [2.45, 2.75) is 72.4 Å². The summed E-state index contributed by atoms with van der Waals surface area (Å²) in [4.78, 5) is 25.8. The van der Waals surface area contributed by atoms with Crippen molar-refractivity contribution in [3.63, 3.8) is 0 Å². The van der Waals surface area contributed by atoms with Crippen LogP contribution in [0.2, 0.25) is 0 Å². The van der Waals surface area contributed by atoms with Crippen LogP contribution in [-0.4, -0.2) is 17.9 Å². The van der Waals surface area contributed by atoms with Gasteiger partial charge in [0.05, 0.1) is 6.04 Å². The quantitative estimate of drug-likeness (QED) is 0.312. The molecule has 0 bridgehead atoms. The fraction of sp³-hybridized carbons (Fsp3) is 0.375. The number of aryl methyl sites for hydroxylation is 2. The number of amides is 2. The predicted molar refractivity (Wildman–Crippen MR) is 149 cm³/mol. The van der Waals surface area contributed by atoms with Crippen molar-refractivity contribution in [2.75, 3.05) is 0 Å². The molecule has 36 heavy (non-hydrogen) atoms. The third-order valence-corrected chi connectivity index (χ3v) is 6.59. The Bertz CT molecular complexity index is 1130. The van der Waals surface area contributed by atoms with Crippen molar-refractivity contribution >= 4 is 11.8 Å². The molecule has 190 valence electrons. The number of carbonyl (C=O) groups is 2. The van der Waals surface area contributed by atoms with Crippen LogP contribution in [0.5, 0.6) is 0 Å². The van der Waals surface area contributed by atoms with E-state index in [4.69, 9.17) is 0 Å². The summed E-state index contributed by atoms with van der Waals surface area (Å²) in [7, 11) is 0. The van der Waals surface area contributed by atoms with Gasteiger partial charge in [-0.25, -0.2) is 0 Å². The molecule has 3 rings (SSSR count). The van der Waals surface area contributed by atoms with E-state index < -0.39 is 11.5 Å². The fourth-order valence-corrected chi connectivity index (χ4v) is 4.47. The molecule has 0 spiro atoms. The van der Waals surface area contributed by atoms with Crippen LogP contribution in [0.1, 0.15) is 69.7 Å². The van der Waals surface area contributed by atoms with E-state index in [2.05, 4.69) is 60.0 Å². The highest BCUT2D eigenvalue weighted by atomic mass is 16.2. The first-order valence-electron chi connectivity index (χ1n) is 12.9. The molecular weight excluding hydrogens is 444 g/mol. The molecule has 0 saturated heterocycles.